The summed E-state index contributed by atoms with van der Waals surface area (Å²) in [7, 11) is 0. The predicted octanol–water partition coefficient (Wildman–Crippen LogP) is 2.09. The van der Waals surface area contributed by atoms with E-state index >= 15 is 0 Å². The van der Waals surface area contributed by atoms with Gasteiger partial charge in [-0.15, -0.1) is 0 Å². The molecule has 1 fully saturated rings. The maximum Gasteiger partial charge on any atom is 0.318 e. The smallest absolute Gasteiger partial charge is 0.318 e. The SMILES string of the molecule is CC(C)(C)OC(=O)C1(CCCN)CC1(F)F. The first-order chi connectivity index (χ1) is 7.15. The van der Waals surface area contributed by atoms with E-state index in [-0.39, 0.29) is 6.42 Å². The minimum Gasteiger partial charge on any atom is -0.459 e. The van der Waals surface area contributed by atoms with Gasteiger partial charge in [0.2, 0.25) is 0 Å². The first-order valence-electron chi connectivity index (χ1n) is 5.46. The summed E-state index contributed by atoms with van der Waals surface area (Å²) in [5, 5.41) is 0. The Bertz CT molecular complexity index is 286. The van der Waals surface area contributed by atoms with Crippen molar-refractivity contribution in [1.82, 2.24) is 0 Å². The van der Waals surface area contributed by atoms with Gasteiger partial charge in [-0.3, -0.25) is 4.79 Å². The normalized spacial score (nSPS) is 27.6. The Kier molecular flexibility index (Phi) is 3.29. The number of esters is 1. The van der Waals surface area contributed by atoms with Gasteiger partial charge in [0.15, 0.2) is 0 Å². The van der Waals surface area contributed by atoms with Crippen molar-refractivity contribution in [3.8, 4) is 0 Å². The molecule has 1 unspecified atom stereocenters. The fourth-order valence-electron chi connectivity index (χ4n) is 1.71. The number of carbonyl (C=O) groups is 1. The Balaban J connectivity index is 2.70. The fourth-order valence-corrected chi connectivity index (χ4v) is 1.71. The van der Waals surface area contributed by atoms with Gasteiger partial charge in [-0.1, -0.05) is 0 Å². The summed E-state index contributed by atoms with van der Waals surface area (Å²) in [6.07, 6.45) is 0.106. The van der Waals surface area contributed by atoms with Gasteiger partial charge in [0.1, 0.15) is 11.0 Å². The summed E-state index contributed by atoms with van der Waals surface area (Å²) in [6, 6.07) is 0. The van der Waals surface area contributed by atoms with E-state index in [1.807, 2.05) is 0 Å². The molecule has 0 aromatic carbocycles. The molecular formula is C11H19F2NO2. The first kappa shape index (κ1) is 13.4. The van der Waals surface area contributed by atoms with Crippen molar-refractivity contribution < 1.29 is 18.3 Å². The van der Waals surface area contributed by atoms with E-state index in [9.17, 15) is 13.6 Å². The van der Waals surface area contributed by atoms with Crippen molar-refractivity contribution in [3.05, 3.63) is 0 Å². The molecule has 1 aliphatic rings. The lowest BCUT2D eigenvalue weighted by atomic mass is 9.99. The molecule has 16 heavy (non-hydrogen) atoms. The van der Waals surface area contributed by atoms with Gasteiger partial charge in [0, 0.05) is 6.42 Å². The molecule has 1 aliphatic carbocycles. The van der Waals surface area contributed by atoms with Gasteiger partial charge in [0.05, 0.1) is 0 Å². The highest BCUT2D eigenvalue weighted by Crippen LogP contribution is 2.64. The number of rotatable bonds is 4. The van der Waals surface area contributed by atoms with Gasteiger partial charge in [-0.05, 0) is 40.2 Å². The molecule has 94 valence electrons. The number of ether oxygens (including phenoxy) is 1. The Hall–Kier alpha value is -0.710. The van der Waals surface area contributed by atoms with E-state index < -0.39 is 29.3 Å². The molecule has 0 spiro atoms. The van der Waals surface area contributed by atoms with Crippen molar-refractivity contribution in [2.75, 3.05) is 6.54 Å². The highest BCUT2D eigenvalue weighted by Gasteiger charge is 2.76. The third-order valence-corrected chi connectivity index (χ3v) is 2.70. The summed E-state index contributed by atoms with van der Waals surface area (Å²) in [5.74, 6) is -3.72. The Morgan fingerprint density at radius 2 is 1.94 bits per heavy atom. The quantitative estimate of drug-likeness (QED) is 0.759. The minimum atomic E-state index is -2.93. The van der Waals surface area contributed by atoms with Crippen LogP contribution in [0.1, 0.15) is 40.0 Å². The zero-order chi connectivity index (χ0) is 12.6. The second kappa shape index (κ2) is 3.95. The van der Waals surface area contributed by atoms with Crippen LogP contribution in [0, 0.1) is 5.41 Å². The lowest BCUT2D eigenvalue weighted by molar-refractivity contribution is -0.166. The number of carbonyl (C=O) groups excluding carboxylic acids is 1. The van der Waals surface area contributed by atoms with Crippen molar-refractivity contribution >= 4 is 5.97 Å². The fraction of sp³-hybridized carbons (Fsp3) is 0.909. The second-order valence-electron chi connectivity index (χ2n) is 5.36. The van der Waals surface area contributed by atoms with Crippen molar-refractivity contribution in [2.24, 2.45) is 11.1 Å². The standard InChI is InChI=1S/C11H19F2NO2/c1-9(2,3)16-8(15)10(5-4-6-14)7-11(10,12)13/h4-7,14H2,1-3H3. The van der Waals surface area contributed by atoms with Crippen molar-refractivity contribution in [1.29, 1.82) is 0 Å². The third kappa shape index (κ3) is 2.51. The molecule has 0 aliphatic heterocycles. The minimum absolute atomic E-state index is 0.103. The third-order valence-electron chi connectivity index (χ3n) is 2.70. The molecule has 0 radical (unpaired) electrons. The van der Waals surface area contributed by atoms with Gasteiger partial charge in [-0.2, -0.15) is 0 Å². The summed E-state index contributed by atoms with van der Waals surface area (Å²) in [4.78, 5) is 11.7. The average Bonchev–Trinajstić information content (AvgIpc) is 2.63. The molecule has 0 saturated heterocycles. The molecule has 1 rings (SSSR count). The summed E-state index contributed by atoms with van der Waals surface area (Å²) in [6.45, 7) is 5.31. The van der Waals surface area contributed by atoms with Crippen LogP contribution in [0.5, 0.6) is 0 Å². The molecule has 1 atom stereocenters. The van der Waals surface area contributed by atoms with Crippen molar-refractivity contribution in [2.45, 2.75) is 51.6 Å². The predicted molar refractivity (Wildman–Crippen MR) is 56.1 cm³/mol. The number of hydrogen-bond donors (Lipinski definition) is 1. The molecule has 0 heterocycles. The highest BCUT2D eigenvalue weighted by molar-refractivity contribution is 5.82. The summed E-state index contributed by atoms with van der Waals surface area (Å²) < 4.78 is 31.6. The highest BCUT2D eigenvalue weighted by atomic mass is 19.3. The largest absolute Gasteiger partial charge is 0.459 e. The van der Waals surface area contributed by atoms with Crippen LogP contribution in [0.15, 0.2) is 0 Å². The van der Waals surface area contributed by atoms with Crippen LogP contribution in [-0.4, -0.2) is 24.0 Å². The second-order valence-corrected chi connectivity index (χ2v) is 5.36. The summed E-state index contributed by atoms with van der Waals surface area (Å²) >= 11 is 0. The number of halogens is 2. The monoisotopic (exact) mass is 235 g/mol. The number of hydrogen-bond acceptors (Lipinski definition) is 3. The molecule has 3 nitrogen and oxygen atoms in total. The maximum atomic E-state index is 13.3. The lowest BCUT2D eigenvalue weighted by Gasteiger charge is -2.24. The van der Waals surface area contributed by atoms with Crippen LogP contribution >= 0.6 is 0 Å². The maximum absolute atomic E-state index is 13.3. The van der Waals surface area contributed by atoms with E-state index in [0.717, 1.165) is 0 Å². The van der Waals surface area contributed by atoms with Crippen LogP contribution in [0.3, 0.4) is 0 Å². The van der Waals surface area contributed by atoms with Crippen LogP contribution in [0.2, 0.25) is 0 Å². The topological polar surface area (TPSA) is 52.3 Å². The zero-order valence-electron chi connectivity index (χ0n) is 9.98. The first-order valence-corrected chi connectivity index (χ1v) is 5.46. The molecular weight excluding hydrogens is 216 g/mol. The molecule has 0 aromatic heterocycles. The van der Waals surface area contributed by atoms with E-state index in [4.69, 9.17) is 10.5 Å². The van der Waals surface area contributed by atoms with Gasteiger partial charge in [-0.25, -0.2) is 8.78 Å². The molecule has 0 aromatic rings. The Morgan fingerprint density at radius 1 is 1.44 bits per heavy atom. The average molecular weight is 235 g/mol. The molecule has 0 bridgehead atoms. The Morgan fingerprint density at radius 3 is 2.25 bits per heavy atom. The molecule has 0 amide bonds. The van der Waals surface area contributed by atoms with Crippen LogP contribution < -0.4 is 5.73 Å². The summed E-state index contributed by atoms with van der Waals surface area (Å²) in [5.41, 5.74) is 2.94. The lowest BCUT2D eigenvalue weighted by Crippen LogP contribution is -2.33. The number of alkyl halides is 2. The van der Waals surface area contributed by atoms with Crippen LogP contribution in [-0.2, 0) is 9.53 Å². The van der Waals surface area contributed by atoms with Crippen LogP contribution in [0.4, 0.5) is 8.78 Å². The van der Waals surface area contributed by atoms with E-state index in [0.29, 0.717) is 13.0 Å². The van der Waals surface area contributed by atoms with E-state index in [1.54, 1.807) is 20.8 Å². The van der Waals surface area contributed by atoms with Gasteiger partial charge < -0.3 is 10.5 Å². The van der Waals surface area contributed by atoms with Gasteiger partial charge in [0.25, 0.3) is 5.92 Å². The Labute approximate surface area is 94.3 Å². The zero-order valence-corrected chi connectivity index (χ0v) is 9.98. The van der Waals surface area contributed by atoms with Crippen molar-refractivity contribution in [3.63, 3.8) is 0 Å². The van der Waals surface area contributed by atoms with E-state index in [1.165, 1.54) is 0 Å². The molecule has 2 N–H and O–H groups in total. The van der Waals surface area contributed by atoms with Gasteiger partial charge >= 0.3 is 5.97 Å². The molecule has 5 heteroatoms. The van der Waals surface area contributed by atoms with Crippen LogP contribution in [0.25, 0.3) is 0 Å². The number of nitrogens with two attached hydrogens (primary N) is 1. The molecule has 1 saturated carbocycles. The van der Waals surface area contributed by atoms with E-state index in [2.05, 4.69) is 0 Å².